The van der Waals surface area contributed by atoms with Gasteiger partial charge < -0.3 is 30.5 Å². The zero-order valence-electron chi connectivity index (χ0n) is 30.5. The number of nitrogens with zero attached hydrogens (tertiary/aromatic N) is 3. The first-order valence-electron chi connectivity index (χ1n) is 17.6. The number of amides is 5. The molecule has 12 nitrogen and oxygen atoms in total. The molecule has 2 heterocycles. The lowest BCUT2D eigenvalue weighted by Gasteiger charge is -2.41. The average molecular weight is 735 g/mol. The Labute approximate surface area is 308 Å². The maximum atomic E-state index is 15.0. The second-order valence-electron chi connectivity index (χ2n) is 14.0. The molecule has 2 unspecified atom stereocenters. The van der Waals surface area contributed by atoms with Gasteiger partial charge in [0, 0.05) is 86.8 Å². The maximum Gasteiger partial charge on any atom is 0.253 e. The number of aliphatic hydroxyl groups excluding tert-OH is 1. The Hall–Kier alpha value is -5.21. The molecule has 0 saturated heterocycles. The molecular weight excluding hydrogens is 686 g/mol. The van der Waals surface area contributed by atoms with Crippen LogP contribution < -0.4 is 16.0 Å². The fourth-order valence-corrected chi connectivity index (χ4v) is 6.34. The van der Waals surface area contributed by atoms with E-state index in [2.05, 4.69) is 16.0 Å². The summed E-state index contributed by atoms with van der Waals surface area (Å²) in [5.41, 5.74) is 1.57. The molecule has 2 atom stereocenters. The van der Waals surface area contributed by atoms with Gasteiger partial charge in [-0.2, -0.15) is 0 Å². The lowest BCUT2D eigenvalue weighted by molar-refractivity contribution is -0.140. The minimum atomic E-state index is -0.748. The van der Waals surface area contributed by atoms with Crippen LogP contribution in [0.1, 0.15) is 57.3 Å². The number of aromatic nitrogens is 1. The summed E-state index contributed by atoms with van der Waals surface area (Å²) in [6.45, 7) is 6.01. The smallest absolute Gasteiger partial charge is 0.253 e. The fourth-order valence-electron chi connectivity index (χ4n) is 6.34. The molecule has 0 radical (unpaired) electrons. The van der Waals surface area contributed by atoms with Crippen LogP contribution in [0, 0.1) is 17.0 Å². The van der Waals surface area contributed by atoms with E-state index in [1.54, 1.807) is 24.2 Å². The highest BCUT2D eigenvalue weighted by molar-refractivity contribution is 6.12. The zero-order chi connectivity index (χ0) is 38.7. The molecule has 284 valence electrons. The summed E-state index contributed by atoms with van der Waals surface area (Å²) in [6, 6.07) is 13.8. The third-order valence-electron chi connectivity index (χ3n) is 9.04. The van der Waals surface area contributed by atoms with Gasteiger partial charge in [-0.25, -0.2) is 8.78 Å². The largest absolute Gasteiger partial charge is 0.387 e. The molecule has 3 aromatic rings. The normalized spacial score (nSPS) is 14.0. The number of likely N-dealkylation sites (N-methyl/N-ethyl adjacent to an activating group) is 1. The number of imide groups is 1. The second-order valence-corrected chi connectivity index (χ2v) is 14.0. The van der Waals surface area contributed by atoms with Gasteiger partial charge in [0.2, 0.25) is 17.7 Å². The van der Waals surface area contributed by atoms with Gasteiger partial charge in [-0.1, -0.05) is 51.1 Å². The van der Waals surface area contributed by atoms with Gasteiger partial charge in [0.25, 0.3) is 11.8 Å². The monoisotopic (exact) mass is 734 g/mol. The summed E-state index contributed by atoms with van der Waals surface area (Å²) in [5.74, 6) is -3.33. The summed E-state index contributed by atoms with van der Waals surface area (Å²) in [5, 5.41) is 18.7. The molecular formula is C39H48F2N6O6. The van der Waals surface area contributed by atoms with E-state index in [1.165, 1.54) is 0 Å². The number of benzene rings is 2. The Morgan fingerprint density at radius 1 is 0.925 bits per heavy atom. The van der Waals surface area contributed by atoms with Crippen molar-refractivity contribution in [3.8, 4) is 11.1 Å². The highest BCUT2D eigenvalue weighted by Gasteiger charge is 2.37. The zero-order valence-corrected chi connectivity index (χ0v) is 30.5. The van der Waals surface area contributed by atoms with E-state index in [4.69, 9.17) is 0 Å². The summed E-state index contributed by atoms with van der Waals surface area (Å²) in [6.07, 6.45) is 4.28. The predicted molar refractivity (Wildman–Crippen MR) is 195 cm³/mol. The number of carbonyl (C=O) groups is 5. The first kappa shape index (κ1) is 40.6. The summed E-state index contributed by atoms with van der Waals surface area (Å²) in [7, 11) is 1.72. The van der Waals surface area contributed by atoms with E-state index in [0.29, 0.717) is 24.2 Å². The van der Waals surface area contributed by atoms with Crippen LogP contribution in [0.2, 0.25) is 0 Å². The van der Waals surface area contributed by atoms with Crippen LogP contribution in [-0.2, 0) is 30.5 Å². The van der Waals surface area contributed by atoms with Gasteiger partial charge in [-0.05, 0) is 48.7 Å². The third-order valence-corrected chi connectivity index (χ3v) is 9.04. The number of carbonyl (C=O) groups excluding carboxylic acids is 5. The first-order valence-corrected chi connectivity index (χ1v) is 17.6. The molecule has 0 aliphatic carbocycles. The van der Waals surface area contributed by atoms with Crippen molar-refractivity contribution in [3.63, 3.8) is 0 Å². The fraction of sp³-hybridized carbons (Fsp3) is 0.410. The lowest BCUT2D eigenvalue weighted by Crippen LogP contribution is -2.47. The van der Waals surface area contributed by atoms with Gasteiger partial charge in [0.05, 0.1) is 6.04 Å². The Kier molecular flexibility index (Phi) is 14.2. The van der Waals surface area contributed by atoms with Gasteiger partial charge in [-0.3, -0.25) is 28.9 Å². The topological polar surface area (TPSA) is 153 Å². The molecule has 0 fully saturated rings. The van der Waals surface area contributed by atoms with E-state index in [0.717, 1.165) is 40.8 Å². The van der Waals surface area contributed by atoms with E-state index < -0.39 is 53.3 Å². The minimum Gasteiger partial charge on any atom is -0.387 e. The van der Waals surface area contributed by atoms with Crippen LogP contribution in [0.5, 0.6) is 0 Å². The maximum absolute atomic E-state index is 15.0. The Balaban J connectivity index is 1.45. The third kappa shape index (κ3) is 11.1. The molecule has 1 aliphatic heterocycles. The average Bonchev–Trinajstić information content (AvgIpc) is 3.68. The minimum absolute atomic E-state index is 0.0316. The standard InChI is InChI=1S/C39H48F2N6O6/c1-39(2,3)38(32-20-27(30-21-28(40)10-11-31(30)41)24-45(32)23-26-8-6-5-7-9-26)47(37(53)25-48)18-16-29(42-4)22-44-34(50)13-12-33(49)43-17-19-46-35(51)14-15-36(46)52/h5-11,14-15,20-21,24,29,38,42,48H,12-13,16-19,22-23,25H2,1-4H3,(H,43,49)(H,44,50). The van der Waals surface area contributed by atoms with Gasteiger partial charge in [0.1, 0.15) is 18.2 Å². The molecule has 0 saturated carbocycles. The number of hydrogen-bond acceptors (Lipinski definition) is 7. The quantitative estimate of drug-likeness (QED) is 0.146. The predicted octanol–water partition coefficient (Wildman–Crippen LogP) is 3.31. The van der Waals surface area contributed by atoms with Crippen LogP contribution >= 0.6 is 0 Å². The van der Waals surface area contributed by atoms with Crippen molar-refractivity contribution >= 4 is 29.5 Å². The number of nitrogens with one attached hydrogen (secondary N) is 3. The van der Waals surface area contributed by atoms with Crippen molar-refractivity contribution < 1.29 is 37.9 Å². The van der Waals surface area contributed by atoms with Crippen LogP contribution in [0.4, 0.5) is 8.78 Å². The summed E-state index contributed by atoms with van der Waals surface area (Å²) in [4.78, 5) is 64.3. The van der Waals surface area contributed by atoms with Crippen molar-refractivity contribution in [1.29, 1.82) is 0 Å². The number of aliphatic hydroxyl groups is 1. The highest BCUT2D eigenvalue weighted by atomic mass is 19.1. The van der Waals surface area contributed by atoms with Crippen LogP contribution in [0.3, 0.4) is 0 Å². The van der Waals surface area contributed by atoms with Crippen molar-refractivity contribution in [1.82, 2.24) is 30.3 Å². The number of rotatable bonds is 18. The molecule has 1 aromatic heterocycles. The van der Waals surface area contributed by atoms with E-state index in [-0.39, 0.29) is 56.5 Å². The van der Waals surface area contributed by atoms with Crippen LogP contribution in [-0.4, -0.2) is 94.9 Å². The van der Waals surface area contributed by atoms with Crippen LogP contribution in [0.15, 0.2) is 72.9 Å². The van der Waals surface area contributed by atoms with E-state index in [1.807, 2.05) is 55.7 Å². The Morgan fingerprint density at radius 2 is 1.58 bits per heavy atom. The van der Waals surface area contributed by atoms with Gasteiger partial charge in [0.15, 0.2) is 0 Å². The lowest BCUT2D eigenvalue weighted by atomic mass is 9.82. The molecule has 0 bridgehead atoms. The second kappa shape index (κ2) is 18.5. The summed E-state index contributed by atoms with van der Waals surface area (Å²) >= 11 is 0. The molecule has 1 aliphatic rings. The van der Waals surface area contributed by atoms with E-state index >= 15 is 4.39 Å². The Morgan fingerprint density at radius 3 is 2.21 bits per heavy atom. The van der Waals surface area contributed by atoms with Gasteiger partial charge >= 0.3 is 0 Å². The molecule has 14 heteroatoms. The highest BCUT2D eigenvalue weighted by Crippen LogP contribution is 2.41. The van der Waals surface area contributed by atoms with Gasteiger partial charge in [-0.15, -0.1) is 0 Å². The number of halogens is 2. The number of hydrogen-bond donors (Lipinski definition) is 4. The molecule has 0 spiro atoms. The molecule has 2 aromatic carbocycles. The van der Waals surface area contributed by atoms with Crippen LogP contribution in [0.25, 0.3) is 11.1 Å². The SMILES string of the molecule is CNC(CCN(C(=O)CO)C(c1cc(-c2cc(F)ccc2F)cn1Cc1ccccc1)C(C)(C)C)CNC(=O)CCC(=O)NCCN1C(=O)C=CC1=O. The first-order chi connectivity index (χ1) is 25.2. The Bertz CT molecular complexity index is 1790. The van der Waals surface area contributed by atoms with Crippen molar-refractivity contribution in [3.05, 3.63) is 95.8 Å². The molecule has 53 heavy (non-hydrogen) atoms. The van der Waals surface area contributed by atoms with Crippen molar-refractivity contribution in [2.45, 2.75) is 58.7 Å². The molecule has 5 amide bonds. The van der Waals surface area contributed by atoms with Crippen molar-refractivity contribution in [2.75, 3.05) is 39.8 Å². The van der Waals surface area contributed by atoms with Crippen molar-refractivity contribution in [2.24, 2.45) is 5.41 Å². The molecule has 4 rings (SSSR count). The van der Waals surface area contributed by atoms with E-state index in [9.17, 15) is 33.5 Å². The molecule has 4 N–H and O–H groups in total. The summed E-state index contributed by atoms with van der Waals surface area (Å²) < 4.78 is 31.3.